The summed E-state index contributed by atoms with van der Waals surface area (Å²) >= 11 is 0. The number of anilines is 1. The maximum atomic E-state index is 12.0. The van der Waals surface area contributed by atoms with Crippen molar-refractivity contribution in [1.29, 1.82) is 0 Å². The summed E-state index contributed by atoms with van der Waals surface area (Å²) in [6.07, 6.45) is 2.83. The summed E-state index contributed by atoms with van der Waals surface area (Å²) in [5, 5.41) is 12.4. The summed E-state index contributed by atoms with van der Waals surface area (Å²) in [4.78, 5) is 17.1. The molecule has 2 aliphatic rings. The molecule has 2 heterocycles. The van der Waals surface area contributed by atoms with Crippen LogP contribution in [0.15, 0.2) is 4.52 Å². The van der Waals surface area contributed by atoms with Gasteiger partial charge in [0, 0.05) is 13.1 Å². The molecule has 9 nitrogen and oxygen atoms in total. The van der Waals surface area contributed by atoms with Crippen LogP contribution in [-0.2, 0) is 14.8 Å². The smallest absolute Gasteiger partial charge is 0.305 e. The van der Waals surface area contributed by atoms with E-state index in [1.54, 1.807) is 0 Å². The number of carbonyl (C=O) groups is 1. The summed E-state index contributed by atoms with van der Waals surface area (Å²) in [5.74, 6) is -0.758. The molecule has 1 atom stereocenters. The maximum absolute atomic E-state index is 12.0. The van der Waals surface area contributed by atoms with E-state index in [0.29, 0.717) is 18.8 Å². The third-order valence-corrected chi connectivity index (χ3v) is 5.73. The summed E-state index contributed by atoms with van der Waals surface area (Å²) < 4.78 is 31.5. The van der Waals surface area contributed by atoms with Crippen molar-refractivity contribution in [3.8, 4) is 0 Å². The lowest BCUT2D eigenvalue weighted by Crippen LogP contribution is -2.33. The SMILES string of the molecule is O=C(O)C[C@H](NS(=O)(=O)C1CC1)c1nc(N2CCCC2)no1. The van der Waals surface area contributed by atoms with E-state index in [-0.39, 0.29) is 5.89 Å². The lowest BCUT2D eigenvalue weighted by molar-refractivity contribution is -0.137. The van der Waals surface area contributed by atoms with Crippen LogP contribution in [0.3, 0.4) is 0 Å². The van der Waals surface area contributed by atoms with E-state index in [2.05, 4.69) is 14.9 Å². The highest BCUT2D eigenvalue weighted by Crippen LogP contribution is 2.30. The van der Waals surface area contributed by atoms with Gasteiger partial charge in [0.05, 0.1) is 11.7 Å². The molecule has 0 unspecified atom stereocenters. The number of aromatic nitrogens is 2. The van der Waals surface area contributed by atoms with Crippen LogP contribution >= 0.6 is 0 Å². The second kappa shape index (κ2) is 5.84. The monoisotopic (exact) mass is 330 g/mol. The zero-order valence-electron chi connectivity index (χ0n) is 11.9. The Morgan fingerprint density at radius 2 is 2.09 bits per heavy atom. The predicted octanol–water partition coefficient (Wildman–Crippen LogP) is 0.267. The highest BCUT2D eigenvalue weighted by Gasteiger charge is 2.39. The van der Waals surface area contributed by atoms with Gasteiger partial charge in [0.2, 0.25) is 15.9 Å². The van der Waals surface area contributed by atoms with Crippen LogP contribution in [0.4, 0.5) is 5.95 Å². The van der Waals surface area contributed by atoms with E-state index in [4.69, 9.17) is 9.63 Å². The van der Waals surface area contributed by atoms with E-state index in [1.165, 1.54) is 0 Å². The van der Waals surface area contributed by atoms with Gasteiger partial charge in [0.1, 0.15) is 6.04 Å². The Kier molecular flexibility index (Phi) is 4.04. The molecule has 2 fully saturated rings. The summed E-state index contributed by atoms with van der Waals surface area (Å²) in [6, 6.07) is -1.04. The first kappa shape index (κ1) is 15.2. The Morgan fingerprint density at radius 1 is 1.41 bits per heavy atom. The topological polar surface area (TPSA) is 126 Å². The predicted molar refractivity (Wildman–Crippen MR) is 75.8 cm³/mol. The highest BCUT2D eigenvalue weighted by molar-refractivity contribution is 7.90. The molecule has 10 heteroatoms. The fraction of sp³-hybridized carbons (Fsp3) is 0.750. The second-order valence-electron chi connectivity index (χ2n) is 5.64. The minimum absolute atomic E-state index is 0.00600. The molecule has 0 bridgehead atoms. The molecule has 0 aromatic carbocycles. The number of carboxylic acids is 1. The van der Waals surface area contributed by atoms with Crippen molar-refractivity contribution >= 4 is 21.9 Å². The van der Waals surface area contributed by atoms with Crippen LogP contribution in [0.5, 0.6) is 0 Å². The number of hydrogen-bond donors (Lipinski definition) is 2. The van der Waals surface area contributed by atoms with Gasteiger partial charge in [-0.2, -0.15) is 4.98 Å². The zero-order valence-corrected chi connectivity index (χ0v) is 12.8. The first-order chi connectivity index (χ1) is 10.5. The van der Waals surface area contributed by atoms with E-state index in [1.807, 2.05) is 4.90 Å². The lowest BCUT2D eigenvalue weighted by Gasteiger charge is -2.13. The fourth-order valence-corrected chi connectivity index (χ4v) is 3.97. The number of carboxylic acid groups (broad SMARTS) is 1. The first-order valence-electron chi connectivity index (χ1n) is 7.27. The van der Waals surface area contributed by atoms with E-state index in [0.717, 1.165) is 25.9 Å². The summed E-state index contributed by atoms with van der Waals surface area (Å²) in [5.41, 5.74) is 0. The Bertz CT molecular complexity index is 648. The van der Waals surface area contributed by atoms with Crippen LogP contribution < -0.4 is 9.62 Å². The van der Waals surface area contributed by atoms with Crippen molar-refractivity contribution in [1.82, 2.24) is 14.9 Å². The molecule has 1 saturated heterocycles. The van der Waals surface area contributed by atoms with Crippen LogP contribution in [0.1, 0.15) is 44.0 Å². The molecule has 22 heavy (non-hydrogen) atoms. The van der Waals surface area contributed by atoms with Gasteiger partial charge in [-0.15, -0.1) is 0 Å². The maximum Gasteiger partial charge on any atom is 0.305 e. The van der Waals surface area contributed by atoms with Crippen molar-refractivity contribution in [2.45, 2.75) is 43.4 Å². The molecule has 0 spiro atoms. The largest absolute Gasteiger partial charge is 0.481 e. The second-order valence-corrected chi connectivity index (χ2v) is 7.63. The van der Waals surface area contributed by atoms with Crippen molar-refractivity contribution < 1.29 is 22.8 Å². The zero-order chi connectivity index (χ0) is 15.7. The van der Waals surface area contributed by atoms with Crippen molar-refractivity contribution in [2.75, 3.05) is 18.0 Å². The molecule has 1 aliphatic heterocycles. The average molecular weight is 330 g/mol. The minimum atomic E-state index is -3.54. The van der Waals surface area contributed by atoms with Crippen molar-refractivity contribution in [2.24, 2.45) is 0 Å². The van der Waals surface area contributed by atoms with Gasteiger partial charge < -0.3 is 14.5 Å². The quantitative estimate of drug-likeness (QED) is 0.729. The Balaban J connectivity index is 1.77. The van der Waals surface area contributed by atoms with Gasteiger partial charge in [-0.05, 0) is 30.8 Å². The molecule has 1 aromatic rings. The summed E-state index contributed by atoms with van der Waals surface area (Å²) in [6.45, 7) is 1.63. The normalized spacial score (nSPS) is 20.3. The number of aliphatic carboxylic acids is 1. The molecule has 0 amide bonds. The van der Waals surface area contributed by atoms with Gasteiger partial charge in [-0.1, -0.05) is 0 Å². The number of nitrogens with zero attached hydrogens (tertiary/aromatic N) is 3. The number of rotatable bonds is 7. The fourth-order valence-electron chi connectivity index (χ4n) is 2.44. The Hall–Kier alpha value is -1.68. The molecule has 1 aromatic heterocycles. The Morgan fingerprint density at radius 3 is 2.68 bits per heavy atom. The van der Waals surface area contributed by atoms with Gasteiger partial charge in [0.15, 0.2) is 0 Å². The Labute approximate surface area is 127 Å². The van der Waals surface area contributed by atoms with Gasteiger partial charge >= 0.3 is 5.97 Å². The van der Waals surface area contributed by atoms with Gasteiger partial charge in [-0.3, -0.25) is 4.79 Å². The van der Waals surface area contributed by atoms with Crippen molar-refractivity contribution in [3.63, 3.8) is 0 Å². The summed E-state index contributed by atoms with van der Waals surface area (Å²) in [7, 11) is -3.54. The van der Waals surface area contributed by atoms with Crippen LogP contribution in [-0.4, -0.2) is 48.0 Å². The van der Waals surface area contributed by atoms with Gasteiger partial charge in [0.25, 0.3) is 5.95 Å². The molecular formula is C12H18N4O5S. The minimum Gasteiger partial charge on any atom is -0.481 e. The van der Waals surface area contributed by atoms with Crippen molar-refractivity contribution in [3.05, 3.63) is 5.89 Å². The third-order valence-electron chi connectivity index (χ3n) is 3.77. The number of hydrogen-bond acceptors (Lipinski definition) is 7. The van der Waals surface area contributed by atoms with E-state index < -0.39 is 33.7 Å². The molecule has 3 rings (SSSR count). The molecule has 122 valence electrons. The third kappa shape index (κ3) is 3.38. The van der Waals surface area contributed by atoms with Crippen LogP contribution in [0.25, 0.3) is 0 Å². The highest BCUT2D eigenvalue weighted by atomic mass is 32.2. The lowest BCUT2D eigenvalue weighted by atomic mass is 10.2. The molecule has 2 N–H and O–H groups in total. The first-order valence-corrected chi connectivity index (χ1v) is 8.82. The van der Waals surface area contributed by atoms with E-state index >= 15 is 0 Å². The average Bonchev–Trinajstić information content (AvgIpc) is 2.99. The number of nitrogens with one attached hydrogen (secondary N) is 1. The molecule has 1 saturated carbocycles. The number of sulfonamides is 1. The molecule has 0 radical (unpaired) electrons. The van der Waals surface area contributed by atoms with E-state index in [9.17, 15) is 13.2 Å². The molecular weight excluding hydrogens is 312 g/mol. The standard InChI is InChI=1S/C12H18N4O5S/c17-10(18)7-9(15-22(19,20)8-3-4-8)11-13-12(14-21-11)16-5-1-2-6-16/h8-9,15H,1-7H2,(H,17,18)/t9-/m0/s1. The van der Waals surface area contributed by atoms with Crippen LogP contribution in [0, 0.1) is 0 Å². The van der Waals surface area contributed by atoms with Crippen LogP contribution in [0.2, 0.25) is 0 Å². The van der Waals surface area contributed by atoms with Gasteiger partial charge in [-0.25, -0.2) is 13.1 Å². The molecule has 1 aliphatic carbocycles.